The van der Waals surface area contributed by atoms with Gasteiger partial charge in [0.2, 0.25) is 0 Å². The highest BCUT2D eigenvalue weighted by molar-refractivity contribution is 5.97. The van der Waals surface area contributed by atoms with Gasteiger partial charge in [-0.3, -0.25) is 4.79 Å². The normalized spacial score (nSPS) is 23.3. The molecule has 0 aromatic heterocycles. The number of ether oxygens (including phenoxy) is 3. The summed E-state index contributed by atoms with van der Waals surface area (Å²) in [5, 5.41) is 10.6. The van der Waals surface area contributed by atoms with Crippen molar-refractivity contribution in [3.63, 3.8) is 0 Å². The molecule has 1 aliphatic rings. The number of Topliss-reactive ketones (excluding diaryl/α,β-unsaturated/α-hetero) is 1. The first-order valence-corrected chi connectivity index (χ1v) is 9.19. The van der Waals surface area contributed by atoms with E-state index in [1.54, 1.807) is 36.4 Å². The molecule has 3 rings (SSSR count). The Morgan fingerprint density at radius 2 is 1.40 bits per heavy atom. The van der Waals surface area contributed by atoms with Crippen molar-refractivity contribution >= 4 is 23.7 Å². The van der Waals surface area contributed by atoms with Crippen molar-refractivity contribution in [2.75, 3.05) is 7.11 Å². The third kappa shape index (κ3) is 4.55. The van der Waals surface area contributed by atoms with E-state index in [2.05, 4.69) is 4.74 Å². The average molecular weight is 412 g/mol. The van der Waals surface area contributed by atoms with Crippen LogP contribution < -0.4 is 0 Å². The van der Waals surface area contributed by atoms with Gasteiger partial charge in [0.15, 0.2) is 17.5 Å². The molecule has 30 heavy (non-hydrogen) atoms. The molecule has 0 unspecified atom stereocenters. The van der Waals surface area contributed by atoms with Crippen LogP contribution in [-0.4, -0.2) is 53.7 Å². The quantitative estimate of drug-likeness (QED) is 0.583. The smallest absolute Gasteiger partial charge is 0.338 e. The van der Waals surface area contributed by atoms with Gasteiger partial charge in [-0.1, -0.05) is 36.4 Å². The lowest BCUT2D eigenvalue weighted by atomic mass is 9.80. The van der Waals surface area contributed by atoms with Crippen molar-refractivity contribution in [1.82, 2.24) is 0 Å². The van der Waals surface area contributed by atoms with Gasteiger partial charge in [-0.05, 0) is 24.3 Å². The molecule has 8 heteroatoms. The zero-order valence-electron chi connectivity index (χ0n) is 16.1. The maximum absolute atomic E-state index is 12.7. The van der Waals surface area contributed by atoms with Crippen LogP contribution in [0.5, 0.6) is 0 Å². The highest BCUT2D eigenvalue weighted by Crippen LogP contribution is 2.32. The molecule has 0 radical (unpaired) electrons. The van der Waals surface area contributed by atoms with Crippen molar-refractivity contribution in [1.29, 1.82) is 0 Å². The summed E-state index contributed by atoms with van der Waals surface area (Å²) in [6, 6.07) is 15.9. The number of benzene rings is 2. The monoisotopic (exact) mass is 412 g/mol. The lowest BCUT2D eigenvalue weighted by Gasteiger charge is -2.37. The van der Waals surface area contributed by atoms with E-state index < -0.39 is 54.3 Å². The molecule has 1 N–H and O–H groups in total. The molecular weight excluding hydrogens is 392 g/mol. The van der Waals surface area contributed by atoms with Gasteiger partial charge >= 0.3 is 17.9 Å². The first-order valence-electron chi connectivity index (χ1n) is 9.19. The number of rotatable bonds is 5. The third-order valence-corrected chi connectivity index (χ3v) is 4.74. The van der Waals surface area contributed by atoms with E-state index >= 15 is 0 Å². The molecule has 1 saturated carbocycles. The Labute approximate surface area is 172 Å². The lowest BCUT2D eigenvalue weighted by Crippen LogP contribution is -2.57. The van der Waals surface area contributed by atoms with Crippen molar-refractivity contribution in [3.8, 4) is 0 Å². The van der Waals surface area contributed by atoms with E-state index in [9.17, 15) is 24.3 Å². The van der Waals surface area contributed by atoms with Crippen LogP contribution in [0.25, 0.3) is 0 Å². The van der Waals surface area contributed by atoms with Gasteiger partial charge in [-0.2, -0.15) is 0 Å². The van der Waals surface area contributed by atoms with Gasteiger partial charge in [0.1, 0.15) is 6.10 Å². The lowest BCUT2D eigenvalue weighted by molar-refractivity contribution is -0.179. The van der Waals surface area contributed by atoms with E-state index in [0.29, 0.717) is 0 Å². The van der Waals surface area contributed by atoms with Crippen molar-refractivity contribution in [2.45, 2.75) is 30.7 Å². The van der Waals surface area contributed by atoms with Gasteiger partial charge in [0.25, 0.3) is 0 Å². The minimum Gasteiger partial charge on any atom is -0.467 e. The highest BCUT2D eigenvalue weighted by atomic mass is 16.6. The van der Waals surface area contributed by atoms with Gasteiger partial charge in [0.05, 0.1) is 24.7 Å². The molecule has 1 fully saturated rings. The number of aliphatic hydroxyl groups is 1. The van der Waals surface area contributed by atoms with Crippen molar-refractivity contribution in [3.05, 3.63) is 71.8 Å². The number of hydrogen-bond donors (Lipinski definition) is 1. The summed E-state index contributed by atoms with van der Waals surface area (Å²) in [5.74, 6) is -3.38. The Hall–Kier alpha value is -3.52. The Morgan fingerprint density at radius 3 is 1.90 bits per heavy atom. The summed E-state index contributed by atoms with van der Waals surface area (Å²) in [7, 11) is 1.07. The minimum absolute atomic E-state index is 0.199. The molecule has 0 spiro atoms. The molecule has 1 aliphatic carbocycles. The summed E-state index contributed by atoms with van der Waals surface area (Å²) in [5.41, 5.74) is -1.79. The molecule has 0 aliphatic heterocycles. The second kappa shape index (κ2) is 8.87. The molecule has 0 saturated heterocycles. The van der Waals surface area contributed by atoms with Crippen LogP contribution in [0.3, 0.4) is 0 Å². The molecular formula is C22H20O8. The molecule has 156 valence electrons. The van der Waals surface area contributed by atoms with Crippen LogP contribution in [-0.2, 0) is 23.8 Å². The summed E-state index contributed by atoms with van der Waals surface area (Å²) in [6.45, 7) is 0. The predicted molar refractivity (Wildman–Crippen MR) is 102 cm³/mol. The molecule has 3 atom stereocenters. The van der Waals surface area contributed by atoms with Gasteiger partial charge < -0.3 is 19.3 Å². The second-order valence-corrected chi connectivity index (χ2v) is 6.87. The molecule has 8 nitrogen and oxygen atoms in total. The fourth-order valence-corrected chi connectivity index (χ4v) is 3.24. The number of carbonyl (C=O) groups excluding carboxylic acids is 4. The standard InChI is InChI=1S/C22H20O8/c1-28-21(26)22(27)12-16(23)18(30-20(25)15-10-6-3-7-11-15)17(13-22)29-19(24)14-8-4-2-5-9-14/h2-11,17-18,27H,12-13H2,1H3/t17-,18-,22+/m1/s1. The van der Waals surface area contributed by atoms with E-state index in [1.165, 1.54) is 24.3 Å². The summed E-state index contributed by atoms with van der Waals surface area (Å²) < 4.78 is 15.3. The number of ketones is 1. The predicted octanol–water partition coefficient (Wildman–Crippen LogP) is 1.70. The maximum atomic E-state index is 12.7. The summed E-state index contributed by atoms with van der Waals surface area (Å²) in [6.07, 6.45) is -3.95. The molecule has 0 amide bonds. The van der Waals surface area contributed by atoms with Crippen LogP contribution in [0.15, 0.2) is 60.7 Å². The highest BCUT2D eigenvalue weighted by Gasteiger charge is 2.53. The van der Waals surface area contributed by atoms with Crippen molar-refractivity contribution in [2.24, 2.45) is 0 Å². The molecule has 0 heterocycles. The van der Waals surface area contributed by atoms with Crippen molar-refractivity contribution < 1.29 is 38.5 Å². The number of carbonyl (C=O) groups is 4. The molecule has 2 aromatic carbocycles. The Kier molecular flexibility index (Phi) is 6.27. The fourth-order valence-electron chi connectivity index (χ4n) is 3.24. The summed E-state index contributed by atoms with van der Waals surface area (Å²) in [4.78, 5) is 49.6. The topological polar surface area (TPSA) is 116 Å². The van der Waals surface area contributed by atoms with Gasteiger partial charge in [-0.25, -0.2) is 14.4 Å². The third-order valence-electron chi connectivity index (χ3n) is 4.74. The fraction of sp³-hybridized carbons (Fsp3) is 0.273. The van der Waals surface area contributed by atoms with Crippen LogP contribution >= 0.6 is 0 Å². The number of esters is 3. The number of methoxy groups -OCH3 is 1. The van der Waals surface area contributed by atoms with Crippen LogP contribution in [0.2, 0.25) is 0 Å². The largest absolute Gasteiger partial charge is 0.467 e. The maximum Gasteiger partial charge on any atom is 0.338 e. The van der Waals surface area contributed by atoms with Crippen LogP contribution in [0.4, 0.5) is 0 Å². The Balaban J connectivity index is 1.86. The molecule has 0 bridgehead atoms. The van der Waals surface area contributed by atoms with E-state index in [1.807, 2.05) is 0 Å². The number of hydrogen-bond acceptors (Lipinski definition) is 8. The zero-order valence-corrected chi connectivity index (χ0v) is 16.1. The minimum atomic E-state index is -2.19. The Morgan fingerprint density at radius 1 is 0.900 bits per heavy atom. The van der Waals surface area contributed by atoms with Gasteiger partial charge in [-0.15, -0.1) is 0 Å². The SMILES string of the molecule is COC(=O)[C@]1(O)CC(=O)[C@@H](OC(=O)c2ccccc2)[C@H](OC(=O)c2ccccc2)C1. The molecule has 2 aromatic rings. The first kappa shape index (κ1) is 21.2. The summed E-state index contributed by atoms with van der Waals surface area (Å²) >= 11 is 0. The van der Waals surface area contributed by atoms with Crippen LogP contribution in [0, 0.1) is 0 Å². The average Bonchev–Trinajstić information content (AvgIpc) is 2.76. The van der Waals surface area contributed by atoms with Crippen LogP contribution in [0.1, 0.15) is 33.6 Å². The Bertz CT molecular complexity index is 940. The first-order chi connectivity index (χ1) is 14.3. The zero-order chi connectivity index (χ0) is 21.7. The van der Waals surface area contributed by atoms with E-state index in [0.717, 1.165) is 7.11 Å². The van der Waals surface area contributed by atoms with E-state index in [4.69, 9.17) is 9.47 Å². The van der Waals surface area contributed by atoms with Gasteiger partial charge in [0, 0.05) is 6.42 Å². The van der Waals surface area contributed by atoms with E-state index in [-0.39, 0.29) is 11.1 Å². The second-order valence-electron chi connectivity index (χ2n) is 6.87.